The lowest BCUT2D eigenvalue weighted by molar-refractivity contribution is 0.923. The van der Waals surface area contributed by atoms with Crippen LogP contribution in [0.5, 0.6) is 0 Å². The summed E-state index contributed by atoms with van der Waals surface area (Å²) in [7, 11) is 2.07. The molecule has 3 rings (SSSR count). The summed E-state index contributed by atoms with van der Waals surface area (Å²) in [5.41, 5.74) is 2.63. The summed E-state index contributed by atoms with van der Waals surface area (Å²) < 4.78 is 2.14. The fraction of sp³-hybridized carbons (Fsp3) is 0.286. The Balaban J connectivity index is 2.22. The quantitative estimate of drug-likeness (QED) is 0.617. The maximum Gasteiger partial charge on any atom is 0.0562 e. The van der Waals surface area contributed by atoms with Crippen molar-refractivity contribution in [3.63, 3.8) is 0 Å². The standard InChI is InChI=1S/C14H13N/c1-3-14(7-8-14)12-5-4-11-6-9-15(2)13(11)10-12/h1,4-6,9-10H,7-8H2,2H3. The highest BCUT2D eigenvalue weighted by Crippen LogP contribution is 2.47. The van der Waals surface area contributed by atoms with Crippen molar-refractivity contribution in [2.24, 2.45) is 7.05 Å². The molecular weight excluding hydrogens is 182 g/mol. The van der Waals surface area contributed by atoms with Crippen LogP contribution in [0, 0.1) is 12.3 Å². The lowest BCUT2D eigenvalue weighted by Gasteiger charge is -2.08. The smallest absolute Gasteiger partial charge is 0.0562 e. The van der Waals surface area contributed by atoms with Crippen molar-refractivity contribution < 1.29 is 0 Å². The predicted octanol–water partition coefficient (Wildman–Crippen LogP) is 2.84. The Morgan fingerprint density at radius 1 is 1.33 bits per heavy atom. The molecular formula is C14H13N. The van der Waals surface area contributed by atoms with Crippen molar-refractivity contribution in [1.29, 1.82) is 0 Å². The summed E-state index contributed by atoms with van der Waals surface area (Å²) in [5.74, 6) is 2.94. The van der Waals surface area contributed by atoms with Crippen LogP contribution in [0.2, 0.25) is 0 Å². The van der Waals surface area contributed by atoms with Gasteiger partial charge >= 0.3 is 0 Å². The minimum atomic E-state index is 0.0540. The first-order valence-corrected chi connectivity index (χ1v) is 5.28. The molecule has 0 N–H and O–H groups in total. The van der Waals surface area contributed by atoms with Crippen molar-refractivity contribution in [2.75, 3.05) is 0 Å². The highest BCUT2D eigenvalue weighted by molar-refractivity contribution is 5.81. The Morgan fingerprint density at radius 2 is 2.13 bits per heavy atom. The first-order chi connectivity index (χ1) is 7.25. The van der Waals surface area contributed by atoms with Gasteiger partial charge in [0, 0.05) is 18.8 Å². The Bertz CT molecular complexity index is 565. The van der Waals surface area contributed by atoms with Crippen molar-refractivity contribution in [1.82, 2.24) is 4.57 Å². The van der Waals surface area contributed by atoms with E-state index in [2.05, 4.69) is 48.0 Å². The summed E-state index contributed by atoms with van der Waals surface area (Å²) in [6.07, 6.45) is 9.97. The van der Waals surface area contributed by atoms with Gasteiger partial charge in [-0.25, -0.2) is 0 Å². The third-order valence-corrected chi connectivity index (χ3v) is 3.47. The lowest BCUT2D eigenvalue weighted by Crippen LogP contribution is -2.02. The number of fused-ring (bicyclic) bond motifs is 1. The lowest BCUT2D eigenvalue weighted by atomic mass is 9.96. The molecule has 0 bridgehead atoms. The minimum Gasteiger partial charge on any atom is -0.351 e. The monoisotopic (exact) mass is 195 g/mol. The highest BCUT2D eigenvalue weighted by Gasteiger charge is 2.42. The number of nitrogens with zero attached hydrogens (tertiary/aromatic N) is 1. The van der Waals surface area contributed by atoms with Crippen LogP contribution in [0.15, 0.2) is 30.5 Å². The number of hydrogen-bond acceptors (Lipinski definition) is 0. The molecule has 74 valence electrons. The molecule has 1 aromatic heterocycles. The van der Waals surface area contributed by atoms with Crippen LogP contribution < -0.4 is 0 Å². The van der Waals surface area contributed by atoms with Gasteiger partial charge in [0.2, 0.25) is 0 Å². The zero-order valence-electron chi connectivity index (χ0n) is 8.83. The molecule has 0 spiro atoms. The SMILES string of the molecule is C#CC1(c2ccc3ccn(C)c3c2)CC1. The van der Waals surface area contributed by atoms with E-state index >= 15 is 0 Å². The fourth-order valence-corrected chi connectivity index (χ4v) is 2.20. The van der Waals surface area contributed by atoms with E-state index in [1.807, 2.05) is 0 Å². The molecule has 1 heteroatoms. The van der Waals surface area contributed by atoms with Crippen molar-refractivity contribution in [2.45, 2.75) is 18.3 Å². The summed E-state index contributed by atoms with van der Waals surface area (Å²) in [5, 5.41) is 1.29. The zero-order chi connectivity index (χ0) is 10.5. The molecule has 15 heavy (non-hydrogen) atoms. The van der Waals surface area contributed by atoms with Gasteiger partial charge in [-0.05, 0) is 35.9 Å². The molecule has 0 amide bonds. The minimum absolute atomic E-state index is 0.0540. The van der Waals surface area contributed by atoms with Crippen molar-refractivity contribution >= 4 is 10.9 Å². The maximum atomic E-state index is 5.60. The molecule has 1 heterocycles. The second-order valence-corrected chi connectivity index (χ2v) is 4.43. The van der Waals surface area contributed by atoms with Crippen LogP contribution in [-0.2, 0) is 12.5 Å². The molecule has 1 aliphatic carbocycles. The molecule has 0 unspecified atom stereocenters. The molecule has 0 aliphatic heterocycles. The molecule has 0 atom stereocenters. The number of rotatable bonds is 1. The van der Waals surface area contributed by atoms with Crippen LogP contribution in [0.4, 0.5) is 0 Å². The molecule has 1 saturated carbocycles. The second-order valence-electron chi connectivity index (χ2n) is 4.43. The largest absolute Gasteiger partial charge is 0.351 e. The van der Waals surface area contributed by atoms with Gasteiger partial charge in [0.15, 0.2) is 0 Å². The zero-order valence-corrected chi connectivity index (χ0v) is 8.83. The van der Waals surface area contributed by atoms with Crippen molar-refractivity contribution in [3.05, 3.63) is 36.0 Å². The van der Waals surface area contributed by atoms with E-state index in [1.54, 1.807) is 0 Å². The van der Waals surface area contributed by atoms with Crippen LogP contribution in [0.3, 0.4) is 0 Å². The van der Waals surface area contributed by atoms with Gasteiger partial charge in [0.25, 0.3) is 0 Å². The van der Waals surface area contributed by atoms with Crippen LogP contribution in [-0.4, -0.2) is 4.57 Å². The molecule has 1 fully saturated rings. The maximum absolute atomic E-state index is 5.60. The van der Waals surface area contributed by atoms with Gasteiger partial charge < -0.3 is 4.57 Å². The Kier molecular flexibility index (Phi) is 1.53. The number of benzene rings is 1. The molecule has 2 aromatic rings. The molecule has 0 saturated heterocycles. The number of terminal acetylenes is 1. The predicted molar refractivity (Wildman–Crippen MR) is 62.7 cm³/mol. The Labute approximate surface area is 89.7 Å². The fourth-order valence-electron chi connectivity index (χ4n) is 2.20. The summed E-state index contributed by atoms with van der Waals surface area (Å²) in [6.45, 7) is 0. The molecule has 1 aromatic carbocycles. The van der Waals surface area contributed by atoms with Gasteiger partial charge in [-0.2, -0.15) is 0 Å². The van der Waals surface area contributed by atoms with E-state index in [4.69, 9.17) is 6.42 Å². The van der Waals surface area contributed by atoms with E-state index in [1.165, 1.54) is 16.5 Å². The van der Waals surface area contributed by atoms with Crippen LogP contribution in [0.1, 0.15) is 18.4 Å². The second kappa shape index (κ2) is 2.67. The van der Waals surface area contributed by atoms with Crippen molar-refractivity contribution in [3.8, 4) is 12.3 Å². The van der Waals surface area contributed by atoms with Gasteiger partial charge in [-0.1, -0.05) is 18.1 Å². The van der Waals surface area contributed by atoms with E-state index in [9.17, 15) is 0 Å². The number of aryl methyl sites for hydroxylation is 1. The molecule has 1 aliphatic rings. The number of aromatic nitrogens is 1. The molecule has 0 radical (unpaired) electrons. The van der Waals surface area contributed by atoms with Gasteiger partial charge in [0.05, 0.1) is 5.41 Å². The van der Waals surface area contributed by atoms with E-state index in [0.29, 0.717) is 0 Å². The first kappa shape index (κ1) is 8.61. The summed E-state index contributed by atoms with van der Waals surface area (Å²) in [4.78, 5) is 0. The van der Waals surface area contributed by atoms with Crippen LogP contribution in [0.25, 0.3) is 10.9 Å². The van der Waals surface area contributed by atoms with E-state index in [0.717, 1.165) is 12.8 Å². The third-order valence-electron chi connectivity index (χ3n) is 3.47. The average Bonchev–Trinajstić information content (AvgIpc) is 2.99. The summed E-state index contributed by atoms with van der Waals surface area (Å²) in [6, 6.07) is 8.72. The van der Waals surface area contributed by atoms with Gasteiger partial charge in [-0.3, -0.25) is 0 Å². The first-order valence-electron chi connectivity index (χ1n) is 5.28. The Hall–Kier alpha value is -1.68. The topological polar surface area (TPSA) is 4.93 Å². The van der Waals surface area contributed by atoms with Gasteiger partial charge in [0.1, 0.15) is 0 Å². The van der Waals surface area contributed by atoms with E-state index in [-0.39, 0.29) is 5.41 Å². The third kappa shape index (κ3) is 1.11. The molecule has 1 nitrogen and oxygen atoms in total. The highest BCUT2D eigenvalue weighted by atomic mass is 14.9. The van der Waals surface area contributed by atoms with E-state index < -0.39 is 0 Å². The van der Waals surface area contributed by atoms with Gasteiger partial charge in [-0.15, -0.1) is 6.42 Å². The van der Waals surface area contributed by atoms with Crippen LogP contribution >= 0.6 is 0 Å². The summed E-state index contributed by atoms with van der Waals surface area (Å²) >= 11 is 0. The number of hydrogen-bond donors (Lipinski definition) is 0. The Morgan fingerprint density at radius 3 is 2.80 bits per heavy atom. The normalized spacial score (nSPS) is 17.6. The average molecular weight is 195 g/mol.